The lowest BCUT2D eigenvalue weighted by atomic mass is 9.84. The lowest BCUT2D eigenvalue weighted by Gasteiger charge is -2.31. The third-order valence-electron chi connectivity index (χ3n) is 20.3. The summed E-state index contributed by atoms with van der Waals surface area (Å²) >= 11 is 4.09. The maximum atomic E-state index is 6.48. The summed E-state index contributed by atoms with van der Waals surface area (Å²) < 4.78 is 41.8. The number of ether oxygens (including phenoxy) is 6. The summed E-state index contributed by atoms with van der Waals surface area (Å²) in [7, 11) is -5.00. The van der Waals surface area contributed by atoms with Crippen molar-refractivity contribution in [2.45, 2.75) is 187 Å². The maximum absolute atomic E-state index is 6.48. The fraction of sp³-hybridized carbons (Fsp3) is 0.531. The average molecular weight is 1520 g/mol. The second-order valence-electron chi connectivity index (χ2n) is 33.5. The molecule has 12 rings (SSSR count). The number of benzene rings is 2. The van der Waals surface area contributed by atoms with Crippen LogP contribution in [-0.2, 0) is 28.4 Å². The van der Waals surface area contributed by atoms with Crippen molar-refractivity contribution in [2.24, 2.45) is 23.7 Å². The normalized spacial score (nSPS) is 18.7. The van der Waals surface area contributed by atoms with E-state index in [1.807, 2.05) is 91.0 Å². The Morgan fingerprint density at radius 3 is 1.22 bits per heavy atom. The van der Waals surface area contributed by atoms with Crippen LogP contribution in [0.4, 0.5) is 11.6 Å². The summed E-state index contributed by atoms with van der Waals surface area (Å²) in [5, 5.41) is 10.0. The van der Waals surface area contributed by atoms with Crippen LogP contribution in [0.15, 0.2) is 133 Å². The third kappa shape index (κ3) is 21.1. The molecule has 6 atom stereocenters. The van der Waals surface area contributed by atoms with Gasteiger partial charge in [0.2, 0.25) is 0 Å². The van der Waals surface area contributed by atoms with Gasteiger partial charge in [-0.1, -0.05) is 177 Å². The largest absolute Gasteiger partial charge is 0.499 e. The quantitative estimate of drug-likeness (QED) is 0.0166. The van der Waals surface area contributed by atoms with Gasteiger partial charge in [0.15, 0.2) is 17.1 Å². The molecule has 0 saturated heterocycles. The molecule has 4 aliphatic carbocycles. The predicted octanol–water partition coefficient (Wildman–Crippen LogP) is 20.9. The van der Waals surface area contributed by atoms with E-state index in [1.54, 1.807) is 0 Å². The standard InChI is InChI=1S/C40H57N5O3Si2.C36H50BrN5O2Si2.C5H10O/c1-9-48-29(2)37-38(34-24-30-15-16-32(34)23-30)43-39-35(33-17-18-36(41-25-33)31-13-11-10-12-14-31)26-42-45(39)40(37)44(27-46-19-21-49(3,4)5)28-47-20-22-50(6,7)8;1-45(2,3)18-16-43-24-41(25-44-17-19-46(4,5)6)36-33(37)34(30-21-26-12-13-28(30)20-26)40-35-31(23-39-42(35)36)29-14-15-32(38-22-29)27-10-8-7-9-11-27;1-4-6-5(2)3/h10-14,17-18,25-26,30,32,34H,2,9,15-16,19-24,27-28H2,1,3-8H3;7-11,14-15,22-23,26,28,30H,12-13,16-21,24-25H2,1-6H3;2,4H2,1,3H3. The van der Waals surface area contributed by atoms with Gasteiger partial charge >= 0.3 is 0 Å². The Bertz CT molecular complexity index is 3980. The zero-order valence-electron chi connectivity index (χ0n) is 64.1. The van der Waals surface area contributed by atoms with Gasteiger partial charge < -0.3 is 38.2 Å². The van der Waals surface area contributed by atoms with Crippen LogP contribution in [0, 0.1) is 23.7 Å². The Balaban J connectivity index is 0.000000204. The number of allylic oxidation sites excluding steroid dienone is 1. The highest BCUT2D eigenvalue weighted by Crippen LogP contribution is 2.56. The molecular weight excluding hydrogens is 1400 g/mol. The van der Waals surface area contributed by atoms with Gasteiger partial charge in [-0.2, -0.15) is 19.2 Å². The Kier molecular flexibility index (Phi) is 27.1. The molecule has 102 heavy (non-hydrogen) atoms. The molecule has 550 valence electrons. The van der Waals surface area contributed by atoms with Gasteiger partial charge in [-0.3, -0.25) is 9.97 Å². The van der Waals surface area contributed by atoms with E-state index in [0.29, 0.717) is 76.2 Å². The fourth-order valence-corrected chi connectivity index (χ4v) is 18.4. The van der Waals surface area contributed by atoms with Crippen LogP contribution in [0.25, 0.3) is 61.8 Å². The summed E-state index contributed by atoms with van der Waals surface area (Å²) in [6.07, 6.45) is 17.9. The Morgan fingerprint density at radius 2 is 0.873 bits per heavy atom. The monoisotopic (exact) mass is 1520 g/mol. The summed E-state index contributed by atoms with van der Waals surface area (Å²) in [5.74, 6) is 6.93. The highest BCUT2D eigenvalue weighted by atomic mass is 79.9. The van der Waals surface area contributed by atoms with Crippen LogP contribution in [-0.4, -0.2) is 138 Å². The molecule has 2 aromatic carbocycles. The Hall–Kier alpha value is -6.15. The lowest BCUT2D eigenvalue weighted by molar-refractivity contribution is 0.0939. The Morgan fingerprint density at radius 1 is 0.480 bits per heavy atom. The van der Waals surface area contributed by atoms with Crippen LogP contribution < -0.4 is 9.80 Å². The van der Waals surface area contributed by atoms with Crippen molar-refractivity contribution in [3.63, 3.8) is 0 Å². The van der Waals surface area contributed by atoms with Gasteiger partial charge in [-0.05, 0) is 135 Å². The van der Waals surface area contributed by atoms with E-state index in [2.05, 4.69) is 166 Å². The van der Waals surface area contributed by atoms with Crippen molar-refractivity contribution in [1.29, 1.82) is 0 Å². The van der Waals surface area contributed by atoms with E-state index in [4.69, 9.17) is 58.6 Å². The lowest BCUT2D eigenvalue weighted by Crippen LogP contribution is -2.34. The van der Waals surface area contributed by atoms with E-state index in [0.717, 1.165) is 157 Å². The average Bonchev–Trinajstić information content (AvgIpc) is 1.53. The first-order chi connectivity index (χ1) is 48.7. The second kappa shape index (κ2) is 35.3. The number of hydrogen-bond donors (Lipinski definition) is 0. The minimum Gasteiger partial charge on any atom is -0.499 e. The SMILES string of the molecule is C=C(C)OCC.C=C(OCC)c1c(C2CC3CCC2C3)nc2c(-c3ccc(-c4ccccc4)nc3)cnn2c1N(COCC[Si](C)(C)C)COCC[Si](C)(C)C.C[Si](C)(C)CCOCN(COCC[Si](C)(C)C)c1c(Br)c(C2CC3CCC2C3)nc2c(-c3ccc(-c4ccccc4)nc3)cnn12. The zero-order chi connectivity index (χ0) is 72.9. The number of aromatic nitrogens is 8. The molecule has 6 aromatic heterocycles. The van der Waals surface area contributed by atoms with E-state index in [1.165, 1.54) is 44.9 Å². The van der Waals surface area contributed by atoms with Crippen molar-refractivity contribution >= 4 is 76.9 Å². The molecule has 8 aromatic rings. The summed E-state index contributed by atoms with van der Waals surface area (Å²) in [5.41, 5.74) is 12.9. The molecule has 21 heteroatoms. The molecule has 16 nitrogen and oxygen atoms in total. The highest BCUT2D eigenvalue weighted by Gasteiger charge is 2.45. The molecule has 4 fully saturated rings. The van der Waals surface area contributed by atoms with Crippen LogP contribution >= 0.6 is 15.9 Å². The molecule has 6 heterocycles. The van der Waals surface area contributed by atoms with Gasteiger partial charge in [-0.25, -0.2) is 9.97 Å². The zero-order valence-corrected chi connectivity index (χ0v) is 69.7. The maximum Gasteiger partial charge on any atom is 0.165 e. The number of hydrogen-bond acceptors (Lipinski definition) is 14. The van der Waals surface area contributed by atoms with Crippen molar-refractivity contribution in [1.82, 2.24) is 39.2 Å². The summed E-state index contributed by atoms with van der Waals surface area (Å²) in [6.45, 7) is 48.3. The van der Waals surface area contributed by atoms with Crippen LogP contribution in [0.2, 0.25) is 103 Å². The molecule has 6 unspecified atom stereocenters. The first-order valence-electron chi connectivity index (χ1n) is 37.6. The molecule has 4 aliphatic rings. The third-order valence-corrected chi connectivity index (χ3v) is 27.8. The first-order valence-corrected chi connectivity index (χ1v) is 53.2. The molecular formula is C81H117BrN10O6Si4. The smallest absolute Gasteiger partial charge is 0.165 e. The number of fused-ring (bicyclic) bond motifs is 6. The Labute approximate surface area is 622 Å². The highest BCUT2D eigenvalue weighted by molar-refractivity contribution is 9.10. The summed E-state index contributed by atoms with van der Waals surface area (Å²) in [4.78, 5) is 25.1. The van der Waals surface area contributed by atoms with Gasteiger partial charge in [0.25, 0.3) is 0 Å². The first kappa shape index (κ1) is 78.4. The predicted molar refractivity (Wildman–Crippen MR) is 435 cm³/mol. The molecule has 0 radical (unpaired) electrons. The minimum absolute atomic E-state index is 0.341. The molecule has 0 aliphatic heterocycles. The topological polar surface area (TPSA) is 148 Å². The van der Waals surface area contributed by atoms with E-state index in [-0.39, 0.29) is 0 Å². The van der Waals surface area contributed by atoms with E-state index >= 15 is 0 Å². The molecule has 0 N–H and O–H groups in total. The number of halogens is 1. The van der Waals surface area contributed by atoms with Crippen LogP contribution in [0.3, 0.4) is 0 Å². The van der Waals surface area contributed by atoms with Crippen LogP contribution in [0.5, 0.6) is 0 Å². The van der Waals surface area contributed by atoms with Gasteiger partial charge in [0.1, 0.15) is 38.5 Å². The van der Waals surface area contributed by atoms with Gasteiger partial charge in [0.05, 0.1) is 64.2 Å². The molecule has 4 saturated carbocycles. The van der Waals surface area contributed by atoms with Crippen molar-refractivity contribution in [2.75, 3.05) is 76.4 Å². The number of nitrogens with zero attached hydrogens (tertiary/aromatic N) is 10. The van der Waals surface area contributed by atoms with E-state index in [9.17, 15) is 0 Å². The van der Waals surface area contributed by atoms with E-state index < -0.39 is 32.3 Å². The van der Waals surface area contributed by atoms with Crippen molar-refractivity contribution in [3.05, 3.63) is 150 Å². The number of anilines is 2. The van der Waals surface area contributed by atoms with Crippen molar-refractivity contribution < 1.29 is 28.4 Å². The number of rotatable bonds is 33. The van der Waals surface area contributed by atoms with Gasteiger partial charge in [-0.15, -0.1) is 0 Å². The fourth-order valence-electron chi connectivity index (χ4n) is 14.6. The minimum atomic E-state index is -1.28. The molecule has 0 amide bonds. The molecule has 0 spiro atoms. The molecule has 4 bridgehead atoms. The second-order valence-corrected chi connectivity index (χ2v) is 56.8. The number of pyridine rings is 2. The summed E-state index contributed by atoms with van der Waals surface area (Å²) in [6, 6.07) is 33.5. The van der Waals surface area contributed by atoms with Gasteiger partial charge in [0, 0.05) is 116 Å². The van der Waals surface area contributed by atoms with Crippen LogP contribution in [0.1, 0.15) is 101 Å². The van der Waals surface area contributed by atoms with Crippen molar-refractivity contribution in [3.8, 4) is 44.8 Å².